The number of hydrogen-bond acceptors (Lipinski definition) is 4. The van der Waals surface area contributed by atoms with Gasteiger partial charge in [-0.1, -0.05) is 0 Å². The van der Waals surface area contributed by atoms with Crippen molar-refractivity contribution in [3.8, 4) is 0 Å². The second-order valence-corrected chi connectivity index (χ2v) is 5.14. The van der Waals surface area contributed by atoms with Crippen molar-refractivity contribution in [1.82, 2.24) is 15.5 Å². The fourth-order valence-electron chi connectivity index (χ4n) is 2.68. The van der Waals surface area contributed by atoms with Crippen LogP contribution in [0.3, 0.4) is 0 Å². The van der Waals surface area contributed by atoms with Crippen LogP contribution in [-0.4, -0.2) is 60.6 Å². The number of piperazine rings is 1. The van der Waals surface area contributed by atoms with E-state index in [9.17, 15) is 9.59 Å². The van der Waals surface area contributed by atoms with E-state index in [2.05, 4.69) is 15.5 Å². The van der Waals surface area contributed by atoms with E-state index in [1.807, 2.05) is 0 Å². The van der Waals surface area contributed by atoms with Gasteiger partial charge in [0.05, 0.1) is 12.5 Å². The largest absolute Gasteiger partial charge is 0.481 e. The fraction of sp³-hybridized carbons (Fsp3) is 0.833. The summed E-state index contributed by atoms with van der Waals surface area (Å²) >= 11 is 0. The smallest absolute Gasteiger partial charge is 0.306 e. The van der Waals surface area contributed by atoms with E-state index in [4.69, 9.17) is 5.11 Å². The summed E-state index contributed by atoms with van der Waals surface area (Å²) in [6, 6.07) is 0.0431. The molecule has 102 valence electrons. The van der Waals surface area contributed by atoms with Crippen LogP contribution in [0.1, 0.15) is 19.3 Å². The summed E-state index contributed by atoms with van der Waals surface area (Å²) < 4.78 is 0. The lowest BCUT2D eigenvalue weighted by Crippen LogP contribution is -2.48. The Labute approximate surface area is 107 Å². The molecule has 1 heterocycles. The molecule has 0 spiro atoms. The SMILES string of the molecule is O=C(CN1CCNCC1)N[C@H]1CC[C@@H](C(=O)O)C1. The Balaban J connectivity index is 1.69. The molecule has 18 heavy (non-hydrogen) atoms. The van der Waals surface area contributed by atoms with E-state index in [0.29, 0.717) is 19.4 Å². The predicted molar refractivity (Wildman–Crippen MR) is 66.2 cm³/mol. The molecule has 0 radical (unpaired) electrons. The average Bonchev–Trinajstić information content (AvgIpc) is 2.78. The standard InChI is InChI=1S/C12H21N3O3/c16-11(8-15-5-3-13-4-6-15)14-10-2-1-9(7-10)12(17)18/h9-10,13H,1-8H2,(H,14,16)(H,17,18)/t9-,10+/m1/s1. The van der Waals surface area contributed by atoms with Gasteiger partial charge in [0.25, 0.3) is 0 Å². The Morgan fingerprint density at radius 2 is 2.00 bits per heavy atom. The van der Waals surface area contributed by atoms with E-state index in [0.717, 1.165) is 32.6 Å². The third-order valence-electron chi connectivity index (χ3n) is 3.72. The molecule has 2 aliphatic rings. The molecule has 6 heteroatoms. The molecular formula is C12H21N3O3. The number of rotatable bonds is 4. The third-order valence-corrected chi connectivity index (χ3v) is 3.72. The summed E-state index contributed by atoms with van der Waals surface area (Å²) in [5.41, 5.74) is 0. The molecule has 0 aromatic rings. The topological polar surface area (TPSA) is 81.7 Å². The van der Waals surface area contributed by atoms with Crippen LogP contribution in [0.5, 0.6) is 0 Å². The number of carbonyl (C=O) groups excluding carboxylic acids is 1. The van der Waals surface area contributed by atoms with Crippen LogP contribution >= 0.6 is 0 Å². The molecule has 0 bridgehead atoms. The van der Waals surface area contributed by atoms with Gasteiger partial charge in [0.2, 0.25) is 5.91 Å². The molecule has 1 aliphatic carbocycles. The number of carboxylic acids is 1. The average molecular weight is 255 g/mol. The fourth-order valence-corrected chi connectivity index (χ4v) is 2.68. The van der Waals surface area contributed by atoms with Crippen LogP contribution < -0.4 is 10.6 Å². The minimum Gasteiger partial charge on any atom is -0.481 e. The molecule has 2 atom stereocenters. The summed E-state index contributed by atoms with van der Waals surface area (Å²) in [6.45, 7) is 4.08. The van der Waals surface area contributed by atoms with Crippen molar-refractivity contribution in [3.63, 3.8) is 0 Å². The first kappa shape index (κ1) is 13.3. The highest BCUT2D eigenvalue weighted by Crippen LogP contribution is 2.25. The summed E-state index contributed by atoms with van der Waals surface area (Å²) in [5, 5.41) is 15.1. The maximum Gasteiger partial charge on any atom is 0.306 e. The summed E-state index contributed by atoms with van der Waals surface area (Å²) in [5.74, 6) is -1.00. The van der Waals surface area contributed by atoms with Gasteiger partial charge in [-0.05, 0) is 19.3 Å². The molecule has 1 saturated carbocycles. The Morgan fingerprint density at radius 1 is 1.28 bits per heavy atom. The zero-order valence-electron chi connectivity index (χ0n) is 10.5. The lowest BCUT2D eigenvalue weighted by molar-refractivity contribution is -0.141. The van der Waals surface area contributed by atoms with Gasteiger partial charge in [-0.2, -0.15) is 0 Å². The summed E-state index contributed by atoms with van der Waals surface area (Å²) in [6.07, 6.45) is 2.03. The lowest BCUT2D eigenvalue weighted by Gasteiger charge is -2.27. The molecule has 2 rings (SSSR count). The molecular weight excluding hydrogens is 234 g/mol. The summed E-state index contributed by atoms with van der Waals surface area (Å²) in [7, 11) is 0. The quantitative estimate of drug-likeness (QED) is 0.616. The molecule has 3 N–H and O–H groups in total. The predicted octanol–water partition coefficient (Wildman–Crippen LogP) is -0.739. The van der Waals surface area contributed by atoms with Crippen LogP contribution in [0.4, 0.5) is 0 Å². The molecule has 1 saturated heterocycles. The number of hydrogen-bond donors (Lipinski definition) is 3. The highest BCUT2D eigenvalue weighted by Gasteiger charge is 2.30. The maximum atomic E-state index is 11.8. The van der Waals surface area contributed by atoms with Crippen molar-refractivity contribution in [3.05, 3.63) is 0 Å². The van der Waals surface area contributed by atoms with Crippen molar-refractivity contribution >= 4 is 11.9 Å². The van der Waals surface area contributed by atoms with E-state index in [-0.39, 0.29) is 17.9 Å². The van der Waals surface area contributed by atoms with Gasteiger partial charge >= 0.3 is 5.97 Å². The van der Waals surface area contributed by atoms with Crippen LogP contribution in [-0.2, 0) is 9.59 Å². The Hall–Kier alpha value is -1.14. The Morgan fingerprint density at radius 3 is 2.61 bits per heavy atom. The Bertz CT molecular complexity index is 316. The molecule has 1 amide bonds. The highest BCUT2D eigenvalue weighted by atomic mass is 16.4. The van der Waals surface area contributed by atoms with E-state index < -0.39 is 5.97 Å². The van der Waals surface area contributed by atoms with Crippen molar-refractivity contribution in [2.45, 2.75) is 25.3 Å². The highest BCUT2D eigenvalue weighted by molar-refractivity contribution is 5.78. The first-order chi connectivity index (χ1) is 8.65. The van der Waals surface area contributed by atoms with Crippen molar-refractivity contribution < 1.29 is 14.7 Å². The maximum absolute atomic E-state index is 11.8. The van der Waals surface area contributed by atoms with Gasteiger partial charge < -0.3 is 15.7 Å². The lowest BCUT2D eigenvalue weighted by atomic mass is 10.1. The number of aliphatic carboxylic acids is 1. The van der Waals surface area contributed by atoms with E-state index >= 15 is 0 Å². The minimum atomic E-state index is -0.742. The second-order valence-electron chi connectivity index (χ2n) is 5.14. The zero-order chi connectivity index (χ0) is 13.0. The van der Waals surface area contributed by atoms with Gasteiger partial charge in [0, 0.05) is 32.2 Å². The van der Waals surface area contributed by atoms with Gasteiger partial charge in [-0.3, -0.25) is 14.5 Å². The monoisotopic (exact) mass is 255 g/mol. The van der Waals surface area contributed by atoms with Crippen molar-refractivity contribution in [2.75, 3.05) is 32.7 Å². The molecule has 0 aromatic carbocycles. The van der Waals surface area contributed by atoms with Gasteiger partial charge in [0.1, 0.15) is 0 Å². The first-order valence-corrected chi connectivity index (χ1v) is 6.60. The first-order valence-electron chi connectivity index (χ1n) is 6.60. The molecule has 2 fully saturated rings. The number of nitrogens with zero attached hydrogens (tertiary/aromatic N) is 1. The van der Waals surface area contributed by atoms with E-state index in [1.54, 1.807) is 0 Å². The van der Waals surface area contributed by atoms with Crippen LogP contribution in [0.2, 0.25) is 0 Å². The third kappa shape index (κ3) is 3.68. The molecule has 6 nitrogen and oxygen atoms in total. The van der Waals surface area contributed by atoms with Gasteiger partial charge in [0.15, 0.2) is 0 Å². The van der Waals surface area contributed by atoms with Gasteiger partial charge in [-0.15, -0.1) is 0 Å². The minimum absolute atomic E-state index is 0.0212. The second kappa shape index (κ2) is 6.15. The normalized spacial score (nSPS) is 29.1. The molecule has 1 aliphatic heterocycles. The van der Waals surface area contributed by atoms with Gasteiger partial charge in [-0.25, -0.2) is 0 Å². The summed E-state index contributed by atoms with van der Waals surface area (Å²) in [4.78, 5) is 24.8. The Kier molecular flexibility index (Phi) is 4.54. The number of amides is 1. The van der Waals surface area contributed by atoms with E-state index in [1.165, 1.54) is 0 Å². The van der Waals surface area contributed by atoms with Crippen molar-refractivity contribution in [2.24, 2.45) is 5.92 Å². The number of carbonyl (C=O) groups is 2. The molecule has 0 unspecified atom stereocenters. The number of nitrogens with one attached hydrogen (secondary N) is 2. The van der Waals surface area contributed by atoms with Crippen LogP contribution in [0.15, 0.2) is 0 Å². The zero-order valence-corrected chi connectivity index (χ0v) is 10.5. The number of carboxylic acid groups (broad SMARTS) is 1. The van der Waals surface area contributed by atoms with Crippen LogP contribution in [0.25, 0.3) is 0 Å². The molecule has 0 aromatic heterocycles. The van der Waals surface area contributed by atoms with Crippen molar-refractivity contribution in [1.29, 1.82) is 0 Å². The van der Waals surface area contributed by atoms with Crippen LogP contribution in [0, 0.1) is 5.92 Å².